The van der Waals surface area contributed by atoms with Gasteiger partial charge in [-0.2, -0.15) is 0 Å². The maximum absolute atomic E-state index is 12.3. The number of nitrogen functional groups attached to an aromatic ring is 1. The Labute approximate surface area is 146 Å². The third kappa shape index (κ3) is 3.94. The summed E-state index contributed by atoms with van der Waals surface area (Å²) in [6.07, 6.45) is 0. The maximum Gasteiger partial charge on any atom is 0.255 e. The summed E-state index contributed by atoms with van der Waals surface area (Å²) in [5.41, 5.74) is 8.94. The summed E-state index contributed by atoms with van der Waals surface area (Å²) in [6.45, 7) is 8.02. The number of carbonyl (C=O) groups is 1. The van der Waals surface area contributed by atoms with Crippen LogP contribution in [0.5, 0.6) is 5.75 Å². The van der Waals surface area contributed by atoms with Crippen LogP contribution < -0.4 is 15.8 Å². The van der Waals surface area contributed by atoms with E-state index in [0.717, 1.165) is 11.1 Å². The number of hydrogen-bond acceptors (Lipinski definition) is 5. The molecule has 1 aromatic carbocycles. The van der Waals surface area contributed by atoms with Gasteiger partial charge in [-0.3, -0.25) is 4.79 Å². The molecule has 24 heavy (non-hydrogen) atoms. The van der Waals surface area contributed by atoms with Crippen LogP contribution in [0.1, 0.15) is 39.8 Å². The van der Waals surface area contributed by atoms with E-state index >= 15 is 0 Å². The van der Waals surface area contributed by atoms with Gasteiger partial charge >= 0.3 is 0 Å². The van der Waals surface area contributed by atoms with E-state index in [-0.39, 0.29) is 18.5 Å². The summed E-state index contributed by atoms with van der Waals surface area (Å²) < 4.78 is 5.80. The molecular formula is C17H21ClN4O2. The topological polar surface area (TPSA) is 90.1 Å². The van der Waals surface area contributed by atoms with Gasteiger partial charge in [0.05, 0.1) is 17.0 Å². The Hall–Kier alpha value is -2.34. The van der Waals surface area contributed by atoms with E-state index in [1.54, 1.807) is 6.92 Å². The van der Waals surface area contributed by atoms with Gasteiger partial charge in [0.25, 0.3) is 5.91 Å². The Balaban J connectivity index is 2.31. The smallest absolute Gasteiger partial charge is 0.255 e. The maximum atomic E-state index is 12.3. The Morgan fingerprint density at radius 3 is 2.46 bits per heavy atom. The van der Waals surface area contributed by atoms with Crippen LogP contribution >= 0.6 is 11.6 Å². The zero-order valence-electron chi connectivity index (χ0n) is 14.2. The molecule has 0 radical (unpaired) electrons. The fraction of sp³-hybridized carbons (Fsp3) is 0.353. The zero-order valence-corrected chi connectivity index (χ0v) is 15.0. The molecule has 6 nitrogen and oxygen atoms in total. The van der Waals surface area contributed by atoms with Crippen LogP contribution in [0.3, 0.4) is 0 Å². The first-order valence-electron chi connectivity index (χ1n) is 7.64. The molecule has 0 atom stereocenters. The van der Waals surface area contributed by atoms with Crippen molar-refractivity contribution in [3.63, 3.8) is 0 Å². The third-order valence-corrected chi connectivity index (χ3v) is 4.13. The number of benzene rings is 1. The van der Waals surface area contributed by atoms with E-state index < -0.39 is 0 Å². The quantitative estimate of drug-likeness (QED) is 0.866. The molecule has 0 saturated heterocycles. The van der Waals surface area contributed by atoms with Gasteiger partial charge in [0, 0.05) is 11.6 Å². The predicted molar refractivity (Wildman–Crippen MR) is 94.4 cm³/mol. The Bertz CT molecular complexity index is 754. The van der Waals surface area contributed by atoms with Crippen molar-refractivity contribution in [3.8, 4) is 5.75 Å². The molecule has 1 amide bonds. The van der Waals surface area contributed by atoms with Gasteiger partial charge in [0.2, 0.25) is 5.95 Å². The number of aromatic nitrogens is 2. The van der Waals surface area contributed by atoms with Gasteiger partial charge in [-0.25, -0.2) is 9.97 Å². The molecule has 1 heterocycles. The van der Waals surface area contributed by atoms with Gasteiger partial charge in [0.1, 0.15) is 12.4 Å². The molecule has 0 aliphatic carbocycles. The van der Waals surface area contributed by atoms with Crippen LogP contribution in [0, 0.1) is 20.8 Å². The van der Waals surface area contributed by atoms with Crippen molar-refractivity contribution in [2.24, 2.45) is 0 Å². The second-order valence-corrected chi connectivity index (χ2v) is 5.89. The number of carbonyl (C=O) groups excluding carboxylic acids is 1. The van der Waals surface area contributed by atoms with Gasteiger partial charge in [0.15, 0.2) is 0 Å². The van der Waals surface area contributed by atoms with Gasteiger partial charge < -0.3 is 15.8 Å². The largest absolute Gasteiger partial charge is 0.487 e. The summed E-state index contributed by atoms with van der Waals surface area (Å²) in [5.74, 6) is 0.533. The summed E-state index contributed by atoms with van der Waals surface area (Å²) in [6, 6.07) is 3.69. The molecule has 0 aliphatic heterocycles. The number of hydrogen-bond donors (Lipinski definition) is 2. The van der Waals surface area contributed by atoms with Crippen molar-refractivity contribution in [2.75, 3.05) is 12.3 Å². The number of aryl methyl sites for hydroxylation is 3. The van der Waals surface area contributed by atoms with E-state index in [9.17, 15) is 4.79 Å². The van der Waals surface area contributed by atoms with Crippen molar-refractivity contribution < 1.29 is 9.53 Å². The average Bonchev–Trinajstić information content (AvgIpc) is 2.49. The Kier molecular flexibility index (Phi) is 5.62. The van der Waals surface area contributed by atoms with Crippen LogP contribution in [0.15, 0.2) is 12.1 Å². The van der Waals surface area contributed by atoms with Gasteiger partial charge in [-0.05, 0) is 51.0 Å². The molecule has 128 valence electrons. The lowest BCUT2D eigenvalue weighted by molar-refractivity contribution is 0.0951. The Morgan fingerprint density at radius 2 is 1.88 bits per heavy atom. The molecule has 1 aromatic heterocycles. The molecule has 3 N–H and O–H groups in total. The minimum absolute atomic E-state index is 0.112. The van der Waals surface area contributed by atoms with E-state index in [1.807, 2.05) is 32.9 Å². The molecule has 0 saturated carbocycles. The Morgan fingerprint density at radius 1 is 1.25 bits per heavy atom. The van der Waals surface area contributed by atoms with Crippen molar-refractivity contribution in [1.82, 2.24) is 15.3 Å². The first-order chi connectivity index (χ1) is 11.3. The molecule has 0 bridgehead atoms. The first kappa shape index (κ1) is 18.0. The number of rotatable bonds is 5. The van der Waals surface area contributed by atoms with E-state index in [2.05, 4.69) is 15.3 Å². The van der Waals surface area contributed by atoms with Gasteiger partial charge in [-0.15, -0.1) is 0 Å². The highest BCUT2D eigenvalue weighted by atomic mass is 35.5. The van der Waals surface area contributed by atoms with Crippen LogP contribution in [0.4, 0.5) is 5.95 Å². The highest BCUT2D eigenvalue weighted by Gasteiger charge is 2.18. The molecule has 2 rings (SSSR count). The second kappa shape index (κ2) is 7.49. The molecule has 7 heteroatoms. The predicted octanol–water partition coefficient (Wildman–Crippen LogP) is 2.97. The average molecular weight is 349 g/mol. The lowest BCUT2D eigenvalue weighted by atomic mass is 10.1. The molecule has 0 fully saturated rings. The number of halogens is 1. The zero-order chi connectivity index (χ0) is 17.9. The number of ether oxygens (including phenoxy) is 1. The number of anilines is 1. The first-order valence-corrected chi connectivity index (χ1v) is 8.02. The van der Waals surface area contributed by atoms with E-state index in [1.165, 1.54) is 0 Å². The molecule has 0 spiro atoms. The number of nitrogens with zero attached hydrogens (tertiary/aromatic N) is 2. The summed E-state index contributed by atoms with van der Waals surface area (Å²) in [4.78, 5) is 20.5. The van der Waals surface area contributed by atoms with Crippen LogP contribution in [0.2, 0.25) is 5.02 Å². The van der Waals surface area contributed by atoms with Crippen molar-refractivity contribution in [2.45, 2.75) is 34.3 Å². The second-order valence-electron chi connectivity index (χ2n) is 5.51. The summed E-state index contributed by atoms with van der Waals surface area (Å²) in [7, 11) is 0. The van der Waals surface area contributed by atoms with Crippen molar-refractivity contribution in [3.05, 3.63) is 45.2 Å². The monoisotopic (exact) mass is 348 g/mol. The molecule has 2 aromatic rings. The highest BCUT2D eigenvalue weighted by molar-refractivity contribution is 6.32. The van der Waals surface area contributed by atoms with E-state index in [0.29, 0.717) is 34.3 Å². The third-order valence-electron chi connectivity index (χ3n) is 3.53. The lowest BCUT2D eigenvalue weighted by Gasteiger charge is -2.14. The van der Waals surface area contributed by atoms with Crippen molar-refractivity contribution >= 4 is 23.5 Å². The lowest BCUT2D eigenvalue weighted by Crippen LogP contribution is -2.26. The molecular weight excluding hydrogens is 328 g/mol. The highest BCUT2D eigenvalue weighted by Crippen LogP contribution is 2.26. The molecule has 0 aliphatic rings. The van der Waals surface area contributed by atoms with Gasteiger partial charge in [-0.1, -0.05) is 11.6 Å². The normalized spacial score (nSPS) is 10.5. The fourth-order valence-electron chi connectivity index (χ4n) is 2.45. The van der Waals surface area contributed by atoms with Crippen molar-refractivity contribution in [1.29, 1.82) is 0 Å². The SMILES string of the molecule is CCNC(=O)c1c(C)nc(N)nc1COc1cc(C)c(Cl)c(C)c1. The van der Waals surface area contributed by atoms with Crippen LogP contribution in [-0.2, 0) is 6.61 Å². The van der Waals surface area contributed by atoms with Crippen LogP contribution in [-0.4, -0.2) is 22.4 Å². The standard InChI is InChI=1S/C17H21ClN4O2/c1-5-20-16(23)14-11(4)21-17(19)22-13(14)8-24-12-6-9(2)15(18)10(3)7-12/h6-7H,5,8H2,1-4H3,(H,20,23)(H2,19,21,22). The summed E-state index contributed by atoms with van der Waals surface area (Å²) in [5, 5.41) is 3.47. The summed E-state index contributed by atoms with van der Waals surface area (Å²) >= 11 is 6.16. The number of nitrogens with one attached hydrogen (secondary N) is 1. The number of nitrogens with two attached hydrogens (primary N) is 1. The van der Waals surface area contributed by atoms with E-state index in [4.69, 9.17) is 22.1 Å². The van der Waals surface area contributed by atoms with Crippen LogP contribution in [0.25, 0.3) is 0 Å². The fourth-order valence-corrected chi connectivity index (χ4v) is 2.55. The minimum atomic E-state index is -0.239. The molecule has 0 unspecified atom stereocenters. The minimum Gasteiger partial charge on any atom is -0.487 e. The number of amides is 1.